The molecule has 0 bridgehead atoms. The Bertz CT molecular complexity index is 725. The summed E-state index contributed by atoms with van der Waals surface area (Å²) in [5.41, 5.74) is 0. The summed E-state index contributed by atoms with van der Waals surface area (Å²) < 4.78 is 10.7. The van der Waals surface area contributed by atoms with Crippen molar-refractivity contribution in [1.29, 1.82) is 0 Å². The Balaban J connectivity index is 3.42. The van der Waals surface area contributed by atoms with Gasteiger partial charge in [0, 0.05) is 12.8 Å². The Morgan fingerprint density at radius 2 is 0.585 bits per heavy atom. The fraction of sp³-hybridized carbons (Fsp3) is 0.958. The minimum atomic E-state index is -0.762. The molecule has 1 atom stereocenters. The molecule has 0 unspecified atom stereocenters. The lowest BCUT2D eigenvalue weighted by atomic mass is 10.0. The van der Waals surface area contributed by atoms with Gasteiger partial charge in [0.15, 0.2) is 6.10 Å². The molecule has 0 aliphatic heterocycles. The molecular formula is C48H94O5. The monoisotopic (exact) mass is 751 g/mol. The summed E-state index contributed by atoms with van der Waals surface area (Å²) in [7, 11) is 0. The normalized spacial score (nSPS) is 12.0. The smallest absolute Gasteiger partial charge is 0.306 e. The Morgan fingerprint density at radius 3 is 0.830 bits per heavy atom. The molecule has 0 aromatic heterocycles. The standard InChI is InChI=1S/C48H94O5/c1-3-5-7-9-11-13-15-17-19-21-22-23-24-25-26-27-29-30-32-34-36-38-40-42-47(50)52-45-46(44-49)53-48(51)43-41-39-37-35-33-31-28-20-18-16-14-12-10-8-6-4-2/h46,49H,3-45H2,1-2H3/t46-/m0/s1. The van der Waals surface area contributed by atoms with Crippen LogP contribution >= 0.6 is 0 Å². The quantitative estimate of drug-likeness (QED) is 0.0495. The van der Waals surface area contributed by atoms with Gasteiger partial charge in [-0.15, -0.1) is 0 Å². The summed E-state index contributed by atoms with van der Waals surface area (Å²) in [4.78, 5) is 24.4. The predicted molar refractivity (Wildman–Crippen MR) is 229 cm³/mol. The molecule has 0 aliphatic rings. The molecule has 0 radical (unpaired) electrons. The molecule has 0 heterocycles. The van der Waals surface area contributed by atoms with E-state index in [9.17, 15) is 14.7 Å². The van der Waals surface area contributed by atoms with Crippen LogP contribution in [0.15, 0.2) is 0 Å². The molecule has 0 aromatic rings. The molecule has 5 heteroatoms. The van der Waals surface area contributed by atoms with E-state index in [1.807, 2.05) is 0 Å². The maximum Gasteiger partial charge on any atom is 0.306 e. The van der Waals surface area contributed by atoms with Crippen molar-refractivity contribution < 1.29 is 24.2 Å². The molecule has 5 nitrogen and oxygen atoms in total. The SMILES string of the molecule is CCCCCCCCCCCCCCCCCCCCCCCCCC(=O)OC[C@H](CO)OC(=O)CCCCCCCCCCCCCCCCCC. The maximum atomic E-state index is 12.2. The molecule has 0 saturated carbocycles. The third-order valence-corrected chi connectivity index (χ3v) is 11.2. The molecule has 53 heavy (non-hydrogen) atoms. The average Bonchev–Trinajstić information content (AvgIpc) is 3.16. The number of esters is 2. The first kappa shape index (κ1) is 51.9. The lowest BCUT2D eigenvalue weighted by Gasteiger charge is -2.15. The zero-order valence-corrected chi connectivity index (χ0v) is 36.1. The molecule has 0 amide bonds. The van der Waals surface area contributed by atoms with Crippen LogP contribution in [0.1, 0.15) is 277 Å². The van der Waals surface area contributed by atoms with Gasteiger partial charge >= 0.3 is 11.9 Å². The number of carbonyl (C=O) groups excluding carboxylic acids is 2. The van der Waals surface area contributed by atoms with Crippen LogP contribution in [0.25, 0.3) is 0 Å². The number of rotatable bonds is 45. The topological polar surface area (TPSA) is 72.8 Å². The van der Waals surface area contributed by atoms with Gasteiger partial charge in [-0.3, -0.25) is 9.59 Å². The highest BCUT2D eigenvalue weighted by atomic mass is 16.6. The van der Waals surface area contributed by atoms with Crippen molar-refractivity contribution in [2.75, 3.05) is 13.2 Å². The van der Waals surface area contributed by atoms with E-state index in [0.29, 0.717) is 12.8 Å². The number of unbranched alkanes of at least 4 members (excludes halogenated alkanes) is 37. The average molecular weight is 751 g/mol. The Labute approximate surface area is 331 Å². The van der Waals surface area contributed by atoms with Crippen LogP contribution in [-0.4, -0.2) is 36.4 Å². The lowest BCUT2D eigenvalue weighted by molar-refractivity contribution is -0.161. The maximum absolute atomic E-state index is 12.2. The van der Waals surface area contributed by atoms with Crippen LogP contribution in [0, 0.1) is 0 Å². The van der Waals surface area contributed by atoms with Crippen LogP contribution in [-0.2, 0) is 19.1 Å². The molecule has 0 rings (SSSR count). The summed E-state index contributed by atoms with van der Waals surface area (Å²) in [6.45, 7) is 4.19. The van der Waals surface area contributed by atoms with E-state index in [-0.39, 0.29) is 25.2 Å². The van der Waals surface area contributed by atoms with Crippen LogP contribution in [0.5, 0.6) is 0 Å². The van der Waals surface area contributed by atoms with Gasteiger partial charge in [0.2, 0.25) is 0 Å². The Kier molecular flexibility index (Phi) is 44.4. The van der Waals surface area contributed by atoms with Crippen LogP contribution < -0.4 is 0 Å². The highest BCUT2D eigenvalue weighted by molar-refractivity contribution is 5.70. The number of hydrogen-bond donors (Lipinski definition) is 1. The van der Waals surface area contributed by atoms with E-state index in [4.69, 9.17) is 9.47 Å². The predicted octanol–water partition coefficient (Wildman–Crippen LogP) is 15.5. The van der Waals surface area contributed by atoms with E-state index >= 15 is 0 Å². The zero-order chi connectivity index (χ0) is 38.6. The second-order valence-corrected chi connectivity index (χ2v) is 16.6. The molecule has 316 valence electrons. The van der Waals surface area contributed by atoms with Crippen molar-refractivity contribution in [3.05, 3.63) is 0 Å². The second kappa shape index (κ2) is 45.3. The van der Waals surface area contributed by atoms with Crippen molar-refractivity contribution in [3.8, 4) is 0 Å². The van der Waals surface area contributed by atoms with Crippen LogP contribution in [0.3, 0.4) is 0 Å². The third-order valence-electron chi connectivity index (χ3n) is 11.2. The van der Waals surface area contributed by atoms with E-state index in [1.54, 1.807) is 0 Å². The summed E-state index contributed by atoms with van der Waals surface area (Å²) in [5.74, 6) is -0.568. The first-order valence-electron chi connectivity index (χ1n) is 24.1. The molecule has 1 N–H and O–H groups in total. The lowest BCUT2D eigenvalue weighted by Crippen LogP contribution is -2.28. The van der Waals surface area contributed by atoms with Crippen LogP contribution in [0.4, 0.5) is 0 Å². The first-order valence-corrected chi connectivity index (χ1v) is 24.1. The van der Waals surface area contributed by atoms with Gasteiger partial charge in [-0.25, -0.2) is 0 Å². The first-order chi connectivity index (χ1) is 26.1. The van der Waals surface area contributed by atoms with Gasteiger partial charge in [-0.05, 0) is 12.8 Å². The number of carbonyl (C=O) groups is 2. The van der Waals surface area contributed by atoms with Crippen molar-refractivity contribution in [2.24, 2.45) is 0 Å². The molecule has 0 saturated heterocycles. The minimum absolute atomic E-state index is 0.0562. The van der Waals surface area contributed by atoms with Crippen molar-refractivity contribution >= 4 is 11.9 Å². The van der Waals surface area contributed by atoms with Crippen molar-refractivity contribution in [3.63, 3.8) is 0 Å². The fourth-order valence-corrected chi connectivity index (χ4v) is 7.50. The highest BCUT2D eigenvalue weighted by Gasteiger charge is 2.16. The van der Waals surface area contributed by atoms with Gasteiger partial charge in [-0.2, -0.15) is 0 Å². The van der Waals surface area contributed by atoms with E-state index in [1.165, 1.54) is 218 Å². The van der Waals surface area contributed by atoms with Gasteiger partial charge in [-0.1, -0.05) is 251 Å². The van der Waals surface area contributed by atoms with E-state index < -0.39 is 6.10 Å². The summed E-state index contributed by atoms with van der Waals surface area (Å²) >= 11 is 0. The summed E-state index contributed by atoms with van der Waals surface area (Å²) in [5, 5.41) is 9.60. The highest BCUT2D eigenvalue weighted by Crippen LogP contribution is 2.17. The molecule has 0 fully saturated rings. The molecule has 0 aliphatic carbocycles. The Morgan fingerprint density at radius 1 is 0.358 bits per heavy atom. The minimum Gasteiger partial charge on any atom is -0.462 e. The van der Waals surface area contributed by atoms with Gasteiger partial charge < -0.3 is 14.6 Å². The van der Waals surface area contributed by atoms with E-state index in [2.05, 4.69) is 13.8 Å². The number of aliphatic hydroxyl groups excluding tert-OH is 1. The number of hydrogen-bond acceptors (Lipinski definition) is 5. The summed E-state index contributed by atoms with van der Waals surface area (Å²) in [6.07, 6.45) is 51.9. The second-order valence-electron chi connectivity index (χ2n) is 16.6. The molecular weight excluding hydrogens is 657 g/mol. The molecule has 0 spiro atoms. The van der Waals surface area contributed by atoms with Crippen molar-refractivity contribution in [1.82, 2.24) is 0 Å². The summed E-state index contributed by atoms with van der Waals surface area (Å²) in [6, 6.07) is 0. The van der Waals surface area contributed by atoms with Crippen molar-refractivity contribution in [2.45, 2.75) is 283 Å². The molecule has 0 aromatic carbocycles. The van der Waals surface area contributed by atoms with Crippen LogP contribution in [0.2, 0.25) is 0 Å². The zero-order valence-electron chi connectivity index (χ0n) is 36.1. The third kappa shape index (κ3) is 43.5. The fourth-order valence-electron chi connectivity index (χ4n) is 7.50. The number of ether oxygens (including phenoxy) is 2. The van der Waals surface area contributed by atoms with Gasteiger partial charge in [0.1, 0.15) is 6.61 Å². The van der Waals surface area contributed by atoms with Gasteiger partial charge in [0.05, 0.1) is 6.61 Å². The van der Waals surface area contributed by atoms with E-state index in [0.717, 1.165) is 32.1 Å². The van der Waals surface area contributed by atoms with Gasteiger partial charge in [0.25, 0.3) is 0 Å². The Hall–Kier alpha value is -1.10. The number of aliphatic hydroxyl groups is 1. The largest absolute Gasteiger partial charge is 0.462 e.